The van der Waals surface area contributed by atoms with Crippen LogP contribution in [0.5, 0.6) is 0 Å². The minimum absolute atomic E-state index is 0.103. The third kappa shape index (κ3) is 5.03. The molecule has 0 atom stereocenters. The van der Waals surface area contributed by atoms with Crippen molar-refractivity contribution < 1.29 is 0 Å². The van der Waals surface area contributed by atoms with Crippen LogP contribution in [0.3, 0.4) is 0 Å². The number of hydrogen-bond acceptors (Lipinski definition) is 4. The molecule has 22 heavy (non-hydrogen) atoms. The monoisotopic (exact) mass is 320 g/mol. The van der Waals surface area contributed by atoms with E-state index >= 15 is 0 Å². The first kappa shape index (κ1) is 16.8. The van der Waals surface area contributed by atoms with Crippen molar-refractivity contribution in [1.29, 1.82) is 0 Å². The Kier molecular flexibility index (Phi) is 6.74. The molecule has 0 spiro atoms. The van der Waals surface area contributed by atoms with Crippen molar-refractivity contribution in [2.45, 2.75) is 38.0 Å². The average Bonchev–Trinajstić information content (AvgIpc) is 2.86. The van der Waals surface area contributed by atoms with Crippen LogP contribution in [0.4, 0.5) is 0 Å². The Hall–Kier alpha value is -1.53. The van der Waals surface area contributed by atoms with E-state index in [1.165, 1.54) is 5.56 Å². The number of rotatable bonds is 9. The van der Waals surface area contributed by atoms with Gasteiger partial charge in [0.25, 0.3) is 0 Å². The minimum atomic E-state index is -0.103. The summed E-state index contributed by atoms with van der Waals surface area (Å²) in [6, 6.07) is 10.4. The van der Waals surface area contributed by atoms with Gasteiger partial charge in [-0.05, 0) is 19.0 Å². The van der Waals surface area contributed by atoms with Gasteiger partial charge in [-0.15, -0.1) is 5.10 Å². The van der Waals surface area contributed by atoms with Crippen LogP contribution < -0.4 is 5.69 Å². The molecule has 1 aromatic heterocycles. The zero-order valence-electron chi connectivity index (χ0n) is 13.3. The van der Waals surface area contributed by atoms with Crippen LogP contribution >= 0.6 is 11.8 Å². The topological polar surface area (TPSA) is 53.9 Å². The van der Waals surface area contributed by atoms with Crippen molar-refractivity contribution >= 4 is 11.8 Å². The first-order valence-corrected chi connectivity index (χ1v) is 8.69. The summed E-state index contributed by atoms with van der Waals surface area (Å²) in [7, 11) is 2.11. The van der Waals surface area contributed by atoms with Crippen molar-refractivity contribution in [1.82, 2.24) is 19.7 Å². The molecule has 6 heteroatoms. The molecule has 5 nitrogen and oxygen atoms in total. The van der Waals surface area contributed by atoms with E-state index in [1.54, 1.807) is 16.3 Å². The van der Waals surface area contributed by atoms with E-state index in [1.807, 2.05) is 6.07 Å². The number of hydrogen-bond donors (Lipinski definition) is 1. The summed E-state index contributed by atoms with van der Waals surface area (Å²) in [4.78, 5) is 14.0. The van der Waals surface area contributed by atoms with Gasteiger partial charge in [0, 0.05) is 25.4 Å². The summed E-state index contributed by atoms with van der Waals surface area (Å²) < 4.78 is 1.74. The fourth-order valence-corrected chi connectivity index (χ4v) is 3.22. The van der Waals surface area contributed by atoms with Crippen LogP contribution in [-0.2, 0) is 13.1 Å². The summed E-state index contributed by atoms with van der Waals surface area (Å²) >= 11 is 1.64. The van der Waals surface area contributed by atoms with Gasteiger partial charge in [0.1, 0.15) is 0 Å². The predicted octanol–water partition coefficient (Wildman–Crippen LogP) is 2.60. The quantitative estimate of drug-likeness (QED) is 0.722. The van der Waals surface area contributed by atoms with Gasteiger partial charge >= 0.3 is 5.69 Å². The molecular formula is C16H24N4OS. The maximum absolute atomic E-state index is 11.7. The van der Waals surface area contributed by atoms with Crippen molar-refractivity contribution in [3.63, 3.8) is 0 Å². The molecule has 0 fully saturated rings. The van der Waals surface area contributed by atoms with Gasteiger partial charge < -0.3 is 4.90 Å². The van der Waals surface area contributed by atoms with Gasteiger partial charge in [0.2, 0.25) is 0 Å². The van der Waals surface area contributed by atoms with Crippen molar-refractivity contribution in [3.8, 4) is 0 Å². The lowest BCUT2D eigenvalue weighted by Crippen LogP contribution is -2.21. The number of aromatic nitrogens is 3. The summed E-state index contributed by atoms with van der Waals surface area (Å²) in [5, 5.41) is 7.46. The normalized spacial score (nSPS) is 11.2. The highest BCUT2D eigenvalue weighted by molar-refractivity contribution is 7.99. The Morgan fingerprint density at radius 1 is 1.32 bits per heavy atom. The minimum Gasteiger partial charge on any atom is -0.301 e. The Morgan fingerprint density at radius 2 is 2.09 bits per heavy atom. The van der Waals surface area contributed by atoms with E-state index in [0.29, 0.717) is 0 Å². The van der Waals surface area contributed by atoms with E-state index < -0.39 is 0 Å². The smallest absolute Gasteiger partial charge is 0.301 e. The highest BCUT2D eigenvalue weighted by Gasteiger charge is 2.09. The zero-order chi connectivity index (χ0) is 15.8. The van der Waals surface area contributed by atoms with Gasteiger partial charge in [0.15, 0.2) is 5.16 Å². The molecule has 0 aliphatic carbocycles. The third-order valence-electron chi connectivity index (χ3n) is 3.46. The number of aromatic amines is 1. The summed E-state index contributed by atoms with van der Waals surface area (Å²) in [5.41, 5.74) is 1.21. The van der Waals surface area contributed by atoms with E-state index in [-0.39, 0.29) is 5.69 Å². The molecule has 2 aromatic rings. The van der Waals surface area contributed by atoms with Crippen molar-refractivity contribution in [2.24, 2.45) is 0 Å². The molecule has 1 aromatic carbocycles. The van der Waals surface area contributed by atoms with E-state index in [0.717, 1.165) is 43.4 Å². The molecule has 0 bridgehead atoms. The van der Waals surface area contributed by atoms with Crippen LogP contribution in [0.25, 0.3) is 0 Å². The first-order valence-electron chi connectivity index (χ1n) is 7.71. The summed E-state index contributed by atoms with van der Waals surface area (Å²) in [6.07, 6.45) is 2.07. The lowest BCUT2D eigenvalue weighted by Gasteiger charge is -2.16. The molecule has 0 saturated heterocycles. The fraction of sp³-hybridized carbons (Fsp3) is 0.500. The number of unbranched alkanes of at least 4 members (excludes halogenated alkanes) is 1. The second-order valence-corrected chi connectivity index (χ2v) is 6.45. The molecule has 0 aliphatic heterocycles. The molecular weight excluding hydrogens is 296 g/mol. The molecule has 0 saturated carbocycles. The van der Waals surface area contributed by atoms with Gasteiger partial charge in [-0.25, -0.2) is 9.89 Å². The Balaban J connectivity index is 1.80. The Morgan fingerprint density at radius 3 is 2.82 bits per heavy atom. The molecule has 0 aliphatic rings. The number of thioether (sulfide) groups is 1. The van der Waals surface area contributed by atoms with Crippen LogP contribution in [-0.4, -0.2) is 39.0 Å². The van der Waals surface area contributed by atoms with E-state index in [2.05, 4.69) is 53.3 Å². The maximum atomic E-state index is 11.7. The molecule has 2 rings (SSSR count). The maximum Gasteiger partial charge on any atom is 0.343 e. The van der Waals surface area contributed by atoms with Crippen LogP contribution in [0, 0.1) is 0 Å². The molecule has 1 N–H and O–H groups in total. The van der Waals surface area contributed by atoms with Crippen LogP contribution in [0.1, 0.15) is 25.3 Å². The lowest BCUT2D eigenvalue weighted by atomic mass is 10.2. The lowest BCUT2D eigenvalue weighted by molar-refractivity contribution is 0.348. The van der Waals surface area contributed by atoms with Gasteiger partial charge in [-0.3, -0.25) is 4.57 Å². The van der Waals surface area contributed by atoms with E-state index in [9.17, 15) is 4.79 Å². The molecule has 0 amide bonds. The Labute approximate surface area is 135 Å². The number of nitrogens with zero attached hydrogens (tertiary/aromatic N) is 3. The number of nitrogens with one attached hydrogen (secondary N) is 1. The number of benzene rings is 1. The second kappa shape index (κ2) is 8.80. The second-order valence-electron chi connectivity index (χ2n) is 5.39. The van der Waals surface area contributed by atoms with Crippen molar-refractivity contribution in [2.75, 3.05) is 19.3 Å². The third-order valence-corrected chi connectivity index (χ3v) is 4.41. The van der Waals surface area contributed by atoms with Gasteiger partial charge in [0.05, 0.1) is 0 Å². The van der Waals surface area contributed by atoms with Crippen LogP contribution in [0.2, 0.25) is 0 Å². The molecule has 0 unspecified atom stereocenters. The van der Waals surface area contributed by atoms with Gasteiger partial charge in [-0.2, -0.15) is 0 Å². The predicted molar refractivity (Wildman–Crippen MR) is 91.3 cm³/mol. The first-order chi connectivity index (χ1) is 10.7. The standard InChI is InChI=1S/C16H24N4OS/c1-3-4-10-20-15(21)17-18-16(20)22-12-11-19(2)13-14-8-6-5-7-9-14/h5-9H,3-4,10-13H2,1-2H3,(H,17,21). The van der Waals surface area contributed by atoms with Gasteiger partial charge in [-0.1, -0.05) is 55.4 Å². The van der Waals surface area contributed by atoms with Crippen molar-refractivity contribution in [3.05, 3.63) is 46.4 Å². The molecule has 120 valence electrons. The number of H-pyrrole nitrogens is 1. The fourth-order valence-electron chi connectivity index (χ4n) is 2.19. The Bertz CT molecular complexity index is 608. The summed E-state index contributed by atoms with van der Waals surface area (Å²) in [6.45, 7) is 4.75. The highest BCUT2D eigenvalue weighted by Crippen LogP contribution is 2.14. The van der Waals surface area contributed by atoms with Crippen LogP contribution in [0.15, 0.2) is 40.3 Å². The molecule has 0 radical (unpaired) electrons. The van der Waals surface area contributed by atoms with E-state index in [4.69, 9.17) is 0 Å². The average molecular weight is 320 g/mol. The zero-order valence-corrected chi connectivity index (χ0v) is 14.1. The largest absolute Gasteiger partial charge is 0.343 e. The summed E-state index contributed by atoms with van der Waals surface area (Å²) in [5.74, 6) is 0.916. The molecule has 1 heterocycles. The highest BCUT2D eigenvalue weighted by atomic mass is 32.2. The SMILES string of the molecule is CCCCn1c(SCCN(C)Cc2ccccc2)n[nH]c1=O.